The van der Waals surface area contributed by atoms with Crippen LogP contribution in [0, 0.1) is 11.6 Å². The van der Waals surface area contributed by atoms with Crippen molar-refractivity contribution >= 4 is 28.3 Å². The highest BCUT2D eigenvalue weighted by atomic mass is 32.1. The van der Waals surface area contributed by atoms with E-state index in [-0.39, 0.29) is 30.0 Å². The van der Waals surface area contributed by atoms with Crippen molar-refractivity contribution in [3.63, 3.8) is 0 Å². The molecule has 1 aromatic carbocycles. The maximum Gasteiger partial charge on any atom is 0.325 e. The number of nitrogens with zero attached hydrogens (tertiary/aromatic N) is 4. The van der Waals surface area contributed by atoms with E-state index < -0.39 is 11.6 Å². The minimum atomic E-state index is -0.965. The second-order valence-electron chi connectivity index (χ2n) is 6.76. The fourth-order valence-electron chi connectivity index (χ4n) is 3.09. The second kappa shape index (κ2) is 8.15. The Kier molecular flexibility index (Phi) is 5.40. The van der Waals surface area contributed by atoms with E-state index in [4.69, 9.17) is 0 Å². The molecule has 1 aliphatic heterocycles. The number of amides is 3. The molecule has 3 aromatic rings. The molecule has 0 spiro atoms. The van der Waals surface area contributed by atoms with E-state index >= 15 is 0 Å². The summed E-state index contributed by atoms with van der Waals surface area (Å²) in [5, 5.41) is 3.65. The maximum atomic E-state index is 13.5. The van der Waals surface area contributed by atoms with Crippen molar-refractivity contribution in [2.24, 2.45) is 0 Å². The number of pyridine rings is 1. The van der Waals surface area contributed by atoms with E-state index in [2.05, 4.69) is 15.3 Å². The Morgan fingerprint density at radius 1 is 1.17 bits per heavy atom. The average Bonchev–Trinajstić information content (AvgIpc) is 3.18. The molecule has 2 aromatic heterocycles. The summed E-state index contributed by atoms with van der Waals surface area (Å²) in [7, 11) is 1.59. The van der Waals surface area contributed by atoms with Gasteiger partial charge in [-0.2, -0.15) is 0 Å². The van der Waals surface area contributed by atoms with Crippen LogP contribution in [0.4, 0.5) is 18.6 Å². The summed E-state index contributed by atoms with van der Waals surface area (Å²) in [5.41, 5.74) is 1.95. The number of benzene rings is 1. The summed E-state index contributed by atoms with van der Waals surface area (Å²) in [6.45, 7) is 0.606. The summed E-state index contributed by atoms with van der Waals surface area (Å²) in [6.07, 6.45) is 3.29. The van der Waals surface area contributed by atoms with Gasteiger partial charge in [0, 0.05) is 32.5 Å². The minimum Gasteiger partial charge on any atom is -0.346 e. The second-order valence-corrected chi connectivity index (χ2v) is 7.73. The number of carbonyl (C=O) groups is 2. The van der Waals surface area contributed by atoms with Crippen molar-refractivity contribution < 1.29 is 18.4 Å². The molecule has 1 N–H and O–H groups in total. The molecule has 10 heteroatoms. The zero-order valence-electron chi connectivity index (χ0n) is 15.9. The van der Waals surface area contributed by atoms with E-state index in [1.54, 1.807) is 31.6 Å². The fourth-order valence-corrected chi connectivity index (χ4v) is 4.04. The van der Waals surface area contributed by atoms with Crippen LogP contribution < -0.4 is 10.2 Å². The molecule has 3 amide bonds. The Morgan fingerprint density at radius 3 is 2.67 bits per heavy atom. The first-order chi connectivity index (χ1) is 14.4. The SMILES string of the molecule is CN1C(=O)N(Cc2ccc(F)c(F)c2)Cc2nc(C(=O)NCc3ccncc3)sc21. The predicted octanol–water partition coefficient (Wildman–Crippen LogP) is 3.32. The zero-order valence-corrected chi connectivity index (χ0v) is 16.7. The monoisotopic (exact) mass is 429 g/mol. The van der Waals surface area contributed by atoms with Gasteiger partial charge in [0.1, 0.15) is 5.00 Å². The van der Waals surface area contributed by atoms with Gasteiger partial charge in [-0.05, 0) is 35.4 Å². The smallest absolute Gasteiger partial charge is 0.325 e. The van der Waals surface area contributed by atoms with Gasteiger partial charge in [-0.1, -0.05) is 17.4 Å². The van der Waals surface area contributed by atoms with Gasteiger partial charge in [-0.3, -0.25) is 14.7 Å². The van der Waals surface area contributed by atoms with E-state index in [1.165, 1.54) is 15.9 Å². The van der Waals surface area contributed by atoms with Gasteiger partial charge in [-0.15, -0.1) is 0 Å². The highest BCUT2D eigenvalue weighted by Gasteiger charge is 2.32. The number of rotatable bonds is 5. The Bertz CT molecular complexity index is 1110. The Hall–Kier alpha value is -3.40. The third-order valence-corrected chi connectivity index (χ3v) is 5.81. The van der Waals surface area contributed by atoms with Gasteiger partial charge in [0.05, 0.1) is 12.2 Å². The molecule has 7 nitrogen and oxygen atoms in total. The number of carbonyl (C=O) groups excluding carboxylic acids is 2. The number of aromatic nitrogens is 2. The number of halogens is 2. The number of anilines is 1. The van der Waals surface area contributed by atoms with Gasteiger partial charge in [0.15, 0.2) is 16.6 Å². The van der Waals surface area contributed by atoms with Gasteiger partial charge < -0.3 is 10.2 Å². The average molecular weight is 429 g/mol. The highest BCUT2D eigenvalue weighted by molar-refractivity contribution is 7.18. The summed E-state index contributed by atoms with van der Waals surface area (Å²) in [6, 6.07) is 6.82. The van der Waals surface area contributed by atoms with E-state index in [9.17, 15) is 18.4 Å². The Labute approximate surface area is 175 Å². The van der Waals surface area contributed by atoms with E-state index in [0.29, 0.717) is 22.8 Å². The van der Waals surface area contributed by atoms with Gasteiger partial charge >= 0.3 is 6.03 Å². The summed E-state index contributed by atoms with van der Waals surface area (Å²) in [5.74, 6) is -2.24. The lowest BCUT2D eigenvalue weighted by Gasteiger charge is -2.32. The van der Waals surface area contributed by atoms with Crippen LogP contribution in [0.2, 0.25) is 0 Å². The van der Waals surface area contributed by atoms with Crippen LogP contribution in [-0.4, -0.2) is 33.9 Å². The summed E-state index contributed by atoms with van der Waals surface area (Å²) in [4.78, 5) is 36.4. The minimum absolute atomic E-state index is 0.0981. The number of thiazole rings is 1. The zero-order chi connectivity index (χ0) is 21.3. The quantitative estimate of drug-likeness (QED) is 0.675. The van der Waals surface area contributed by atoms with Crippen LogP contribution in [0.15, 0.2) is 42.7 Å². The normalized spacial score (nSPS) is 13.4. The molecule has 0 aliphatic carbocycles. The molecule has 0 unspecified atom stereocenters. The molecular weight excluding hydrogens is 412 g/mol. The molecule has 0 bridgehead atoms. The molecule has 0 radical (unpaired) electrons. The standard InChI is InChI=1S/C20H17F2N5O2S/c1-26-19-16(11-27(20(26)29)10-13-2-3-14(21)15(22)8-13)25-18(30-19)17(28)24-9-12-4-6-23-7-5-12/h2-8H,9-11H2,1H3,(H,24,28). The van der Waals surface area contributed by atoms with Gasteiger partial charge in [-0.25, -0.2) is 18.6 Å². The van der Waals surface area contributed by atoms with Crippen molar-refractivity contribution in [2.45, 2.75) is 19.6 Å². The fraction of sp³-hybridized carbons (Fsp3) is 0.200. The molecule has 30 heavy (non-hydrogen) atoms. The van der Waals surface area contributed by atoms with Crippen LogP contribution in [0.25, 0.3) is 0 Å². The van der Waals surface area contributed by atoms with Crippen LogP contribution in [0.3, 0.4) is 0 Å². The lowest BCUT2D eigenvalue weighted by Crippen LogP contribution is -2.44. The number of hydrogen-bond acceptors (Lipinski definition) is 5. The van der Waals surface area contributed by atoms with Gasteiger partial charge in [0.25, 0.3) is 5.91 Å². The first-order valence-electron chi connectivity index (χ1n) is 9.05. The highest BCUT2D eigenvalue weighted by Crippen LogP contribution is 2.34. The first kappa shape index (κ1) is 19.9. The number of urea groups is 1. The Morgan fingerprint density at radius 2 is 1.93 bits per heavy atom. The van der Waals surface area contributed by atoms with Crippen LogP contribution >= 0.6 is 11.3 Å². The van der Waals surface area contributed by atoms with Crippen LogP contribution in [-0.2, 0) is 19.6 Å². The molecule has 154 valence electrons. The molecule has 3 heterocycles. The molecule has 0 fully saturated rings. The van der Waals surface area contributed by atoms with E-state index in [1.807, 2.05) is 0 Å². The van der Waals surface area contributed by atoms with Crippen LogP contribution in [0.5, 0.6) is 0 Å². The number of fused-ring (bicyclic) bond motifs is 1. The maximum absolute atomic E-state index is 13.5. The third kappa shape index (κ3) is 3.99. The van der Waals surface area contributed by atoms with Crippen molar-refractivity contribution in [1.82, 2.24) is 20.2 Å². The van der Waals surface area contributed by atoms with Crippen molar-refractivity contribution in [2.75, 3.05) is 11.9 Å². The molecule has 0 atom stereocenters. The molecule has 0 saturated carbocycles. The summed E-state index contributed by atoms with van der Waals surface area (Å²) < 4.78 is 26.6. The predicted molar refractivity (Wildman–Crippen MR) is 107 cm³/mol. The Balaban J connectivity index is 1.48. The topological polar surface area (TPSA) is 78.4 Å². The molecule has 1 aliphatic rings. The van der Waals surface area contributed by atoms with Crippen molar-refractivity contribution in [3.8, 4) is 0 Å². The lowest BCUT2D eigenvalue weighted by molar-refractivity contribution is 0.0950. The third-order valence-electron chi connectivity index (χ3n) is 4.63. The molecule has 4 rings (SSSR count). The number of hydrogen-bond donors (Lipinski definition) is 1. The van der Waals surface area contributed by atoms with E-state index in [0.717, 1.165) is 29.0 Å². The van der Waals surface area contributed by atoms with Crippen LogP contribution in [0.1, 0.15) is 26.6 Å². The van der Waals surface area contributed by atoms with Gasteiger partial charge in [0.2, 0.25) is 0 Å². The lowest BCUT2D eigenvalue weighted by atomic mass is 10.2. The molecule has 0 saturated heterocycles. The van der Waals surface area contributed by atoms with Crippen molar-refractivity contribution in [3.05, 3.63) is 76.2 Å². The van der Waals surface area contributed by atoms with Crippen molar-refractivity contribution in [1.29, 1.82) is 0 Å². The largest absolute Gasteiger partial charge is 0.346 e. The summed E-state index contributed by atoms with van der Waals surface area (Å²) >= 11 is 1.14. The first-order valence-corrected chi connectivity index (χ1v) is 9.87. The number of nitrogens with one attached hydrogen (secondary N) is 1. The molecular formula is C20H17F2N5O2S.